The van der Waals surface area contributed by atoms with E-state index < -0.39 is 0 Å². The van der Waals surface area contributed by atoms with E-state index in [1.54, 1.807) is 0 Å². The molecule has 2 nitrogen and oxygen atoms in total. The minimum atomic E-state index is 0.525. The molecule has 13 heavy (non-hydrogen) atoms. The normalized spacial score (nSPS) is 37.4. The molecule has 2 aliphatic rings. The van der Waals surface area contributed by atoms with E-state index >= 15 is 0 Å². The van der Waals surface area contributed by atoms with Crippen LogP contribution >= 0.6 is 22.6 Å². The number of hydrogen-bond acceptors (Lipinski definition) is 2. The van der Waals surface area contributed by atoms with Crippen molar-refractivity contribution in [2.24, 2.45) is 0 Å². The third kappa shape index (κ3) is 2.36. The fourth-order valence-corrected chi connectivity index (χ4v) is 3.04. The first-order valence-electron chi connectivity index (χ1n) is 5.20. The van der Waals surface area contributed by atoms with Crippen molar-refractivity contribution >= 4 is 22.6 Å². The van der Waals surface area contributed by atoms with Crippen LogP contribution in [-0.2, 0) is 4.74 Å². The third-order valence-electron chi connectivity index (χ3n) is 3.35. The van der Waals surface area contributed by atoms with Gasteiger partial charge < -0.3 is 4.74 Å². The quantitative estimate of drug-likeness (QED) is 0.571. The number of likely N-dealkylation sites (tertiary alicyclic amines) is 1. The van der Waals surface area contributed by atoms with Gasteiger partial charge in [-0.2, -0.15) is 0 Å². The Balaban J connectivity index is 1.71. The van der Waals surface area contributed by atoms with Crippen LogP contribution in [0.2, 0.25) is 0 Å². The summed E-state index contributed by atoms with van der Waals surface area (Å²) in [7, 11) is 1.82. The van der Waals surface area contributed by atoms with Crippen LogP contribution in [0.15, 0.2) is 0 Å². The summed E-state index contributed by atoms with van der Waals surface area (Å²) in [5.74, 6) is 0. The van der Waals surface area contributed by atoms with Gasteiger partial charge in [0, 0.05) is 30.2 Å². The maximum Gasteiger partial charge on any atom is 0.0825 e. The zero-order valence-corrected chi connectivity index (χ0v) is 10.4. The van der Waals surface area contributed by atoms with Crippen LogP contribution in [0.1, 0.15) is 25.7 Å². The molecule has 0 unspecified atom stereocenters. The highest BCUT2D eigenvalue weighted by Crippen LogP contribution is 2.30. The topological polar surface area (TPSA) is 12.5 Å². The molecule has 1 heterocycles. The molecule has 0 spiro atoms. The van der Waals surface area contributed by atoms with Crippen LogP contribution in [0.4, 0.5) is 0 Å². The number of nitrogens with zero attached hydrogens (tertiary/aromatic N) is 1. The molecule has 0 aromatic carbocycles. The van der Waals surface area contributed by atoms with Crippen molar-refractivity contribution in [3.05, 3.63) is 0 Å². The molecule has 3 heteroatoms. The second-order valence-corrected chi connectivity index (χ2v) is 5.98. The van der Waals surface area contributed by atoms with Crippen molar-refractivity contribution in [2.75, 3.05) is 20.2 Å². The monoisotopic (exact) mass is 295 g/mol. The molecule has 1 saturated heterocycles. The second kappa shape index (κ2) is 4.45. The van der Waals surface area contributed by atoms with E-state index in [9.17, 15) is 0 Å². The summed E-state index contributed by atoms with van der Waals surface area (Å²) >= 11 is 2.59. The number of ether oxygens (including phenoxy) is 1. The number of halogens is 1. The molecule has 1 aliphatic carbocycles. The van der Waals surface area contributed by atoms with E-state index in [1.807, 2.05) is 7.11 Å². The lowest BCUT2D eigenvalue weighted by atomic mass is 9.92. The Morgan fingerprint density at radius 2 is 1.77 bits per heavy atom. The van der Waals surface area contributed by atoms with Gasteiger partial charge in [-0.15, -0.1) is 0 Å². The highest BCUT2D eigenvalue weighted by atomic mass is 127. The fourth-order valence-electron chi connectivity index (χ4n) is 2.32. The first kappa shape index (κ1) is 10.2. The van der Waals surface area contributed by atoms with Crippen molar-refractivity contribution < 1.29 is 4.74 Å². The van der Waals surface area contributed by atoms with Gasteiger partial charge in [0.1, 0.15) is 0 Å². The van der Waals surface area contributed by atoms with Gasteiger partial charge in [-0.1, -0.05) is 22.6 Å². The van der Waals surface area contributed by atoms with E-state index in [0.717, 1.165) is 9.97 Å². The van der Waals surface area contributed by atoms with Crippen molar-refractivity contribution in [3.8, 4) is 0 Å². The first-order chi connectivity index (χ1) is 6.29. The van der Waals surface area contributed by atoms with Gasteiger partial charge in [-0.3, -0.25) is 4.90 Å². The zero-order chi connectivity index (χ0) is 9.26. The Kier molecular flexibility index (Phi) is 3.48. The predicted octanol–water partition coefficient (Wildman–Crippen LogP) is 2.06. The molecule has 2 fully saturated rings. The van der Waals surface area contributed by atoms with Crippen molar-refractivity contribution in [2.45, 2.75) is 41.8 Å². The highest BCUT2D eigenvalue weighted by molar-refractivity contribution is 14.1. The molecule has 0 aromatic heterocycles. The molecule has 0 bridgehead atoms. The molecule has 0 amide bonds. The Bertz CT molecular complexity index is 162. The number of hydrogen-bond donors (Lipinski definition) is 0. The Morgan fingerprint density at radius 1 is 1.15 bits per heavy atom. The summed E-state index contributed by atoms with van der Waals surface area (Å²) in [4.78, 5) is 2.59. The smallest absolute Gasteiger partial charge is 0.0825 e. The van der Waals surface area contributed by atoms with Gasteiger partial charge in [-0.05, 0) is 25.7 Å². The molecular formula is C10H18INO. The van der Waals surface area contributed by atoms with Crippen LogP contribution in [0.3, 0.4) is 0 Å². The van der Waals surface area contributed by atoms with Crippen LogP contribution in [0.25, 0.3) is 0 Å². The molecule has 2 rings (SSSR count). The standard InChI is InChI=1S/C10H18INO/c1-13-10-6-12(7-10)9-4-2-8(11)3-5-9/h8-10H,2-7H2,1H3/t8-,9+. The average Bonchev–Trinajstić information content (AvgIpc) is 2.06. The second-order valence-electron chi connectivity index (χ2n) is 4.22. The Labute approximate surface area is 94.1 Å². The predicted molar refractivity (Wildman–Crippen MR) is 62.4 cm³/mol. The van der Waals surface area contributed by atoms with E-state index in [2.05, 4.69) is 27.5 Å². The number of rotatable bonds is 2. The lowest BCUT2D eigenvalue weighted by Crippen LogP contribution is -2.56. The van der Waals surface area contributed by atoms with Gasteiger partial charge in [0.15, 0.2) is 0 Å². The molecule has 0 N–H and O–H groups in total. The van der Waals surface area contributed by atoms with Crippen LogP contribution in [0, 0.1) is 0 Å². The van der Waals surface area contributed by atoms with E-state index in [0.29, 0.717) is 6.10 Å². The van der Waals surface area contributed by atoms with Gasteiger partial charge in [0.2, 0.25) is 0 Å². The van der Waals surface area contributed by atoms with Crippen LogP contribution in [-0.4, -0.2) is 41.2 Å². The maximum atomic E-state index is 5.29. The minimum absolute atomic E-state index is 0.525. The third-order valence-corrected chi connectivity index (χ3v) is 4.60. The van der Waals surface area contributed by atoms with Crippen LogP contribution in [0.5, 0.6) is 0 Å². The van der Waals surface area contributed by atoms with E-state index in [4.69, 9.17) is 4.74 Å². The Hall–Kier alpha value is 0.650. The van der Waals surface area contributed by atoms with E-state index in [1.165, 1.54) is 38.8 Å². The summed E-state index contributed by atoms with van der Waals surface area (Å²) in [6.07, 6.45) is 6.17. The molecule has 1 aliphatic heterocycles. The van der Waals surface area contributed by atoms with Crippen molar-refractivity contribution in [3.63, 3.8) is 0 Å². The van der Waals surface area contributed by atoms with Crippen molar-refractivity contribution in [1.82, 2.24) is 4.90 Å². The zero-order valence-electron chi connectivity index (χ0n) is 8.21. The van der Waals surface area contributed by atoms with Gasteiger partial charge in [0.25, 0.3) is 0 Å². The summed E-state index contributed by atoms with van der Waals surface area (Å²) in [5.41, 5.74) is 0. The van der Waals surface area contributed by atoms with Crippen molar-refractivity contribution in [1.29, 1.82) is 0 Å². The molecule has 0 radical (unpaired) electrons. The molecular weight excluding hydrogens is 277 g/mol. The molecule has 0 aromatic rings. The summed E-state index contributed by atoms with van der Waals surface area (Å²) in [6, 6.07) is 0.873. The van der Waals surface area contributed by atoms with Gasteiger partial charge >= 0.3 is 0 Å². The molecule has 1 saturated carbocycles. The fraction of sp³-hybridized carbons (Fsp3) is 1.00. The maximum absolute atomic E-state index is 5.29. The summed E-state index contributed by atoms with van der Waals surface area (Å²) in [5, 5.41) is 0. The number of methoxy groups -OCH3 is 1. The largest absolute Gasteiger partial charge is 0.379 e. The lowest BCUT2D eigenvalue weighted by molar-refractivity contribution is -0.0565. The Morgan fingerprint density at radius 3 is 2.31 bits per heavy atom. The summed E-state index contributed by atoms with van der Waals surface area (Å²) < 4.78 is 6.22. The first-order valence-corrected chi connectivity index (χ1v) is 6.45. The lowest BCUT2D eigenvalue weighted by Gasteiger charge is -2.45. The molecule has 0 atom stereocenters. The number of alkyl halides is 1. The van der Waals surface area contributed by atoms with Gasteiger partial charge in [0.05, 0.1) is 6.10 Å². The SMILES string of the molecule is COC1CN([C@H]2CC[C@@H](I)CC2)C1. The van der Waals surface area contributed by atoms with E-state index in [-0.39, 0.29) is 0 Å². The average molecular weight is 295 g/mol. The molecule has 76 valence electrons. The van der Waals surface area contributed by atoms with Crippen LogP contribution < -0.4 is 0 Å². The summed E-state index contributed by atoms with van der Waals surface area (Å²) in [6.45, 7) is 2.35. The minimum Gasteiger partial charge on any atom is -0.379 e. The highest BCUT2D eigenvalue weighted by Gasteiger charge is 2.33. The van der Waals surface area contributed by atoms with Gasteiger partial charge in [-0.25, -0.2) is 0 Å².